The van der Waals surface area contributed by atoms with Crippen LogP contribution in [0.25, 0.3) is 0 Å². The maximum absolute atomic E-state index is 6.12. The van der Waals surface area contributed by atoms with Crippen LogP contribution in [0.3, 0.4) is 0 Å². The van der Waals surface area contributed by atoms with E-state index in [0.29, 0.717) is 5.69 Å². The number of ether oxygens (including phenoxy) is 1. The fraction of sp³-hybridized carbons (Fsp3) is 0.235. The Balaban J connectivity index is 2.20. The quantitative estimate of drug-likeness (QED) is 0.803. The number of nitrogens with two attached hydrogens (primary N) is 1. The van der Waals surface area contributed by atoms with Crippen LogP contribution in [0.1, 0.15) is 30.5 Å². The Bertz CT molecular complexity index is 750. The van der Waals surface area contributed by atoms with Crippen molar-refractivity contribution in [3.8, 4) is 5.75 Å². The minimum atomic E-state index is -0.621. The molecule has 0 unspecified atom stereocenters. The van der Waals surface area contributed by atoms with Crippen molar-refractivity contribution >= 4 is 23.0 Å². The summed E-state index contributed by atoms with van der Waals surface area (Å²) in [5.74, 6) is 0.762. The third-order valence-corrected chi connectivity index (χ3v) is 3.86. The number of halogens is 1. The van der Waals surface area contributed by atoms with E-state index < -0.39 is 5.72 Å². The zero-order valence-corrected chi connectivity index (χ0v) is 13.0. The Morgan fingerprint density at radius 2 is 1.90 bits per heavy atom. The van der Waals surface area contributed by atoms with Gasteiger partial charge in [-0.2, -0.15) is 0 Å². The van der Waals surface area contributed by atoms with Crippen molar-refractivity contribution in [3.63, 3.8) is 0 Å². The predicted molar refractivity (Wildman–Crippen MR) is 87.4 cm³/mol. The molecule has 2 N–H and O–H groups in total. The fourth-order valence-electron chi connectivity index (χ4n) is 2.45. The molecule has 0 aliphatic carbocycles. The molecule has 0 spiro atoms. The van der Waals surface area contributed by atoms with Crippen molar-refractivity contribution in [1.82, 2.24) is 0 Å². The molecule has 4 heteroatoms. The SMILES string of the molecule is Cc1cc(C2=NC(C)(C)Oc3cc(N)ccc32)ccc1Cl. The number of rotatable bonds is 1. The number of fused-ring (bicyclic) bond motifs is 1. The van der Waals surface area contributed by atoms with Gasteiger partial charge < -0.3 is 10.5 Å². The Hall–Kier alpha value is -2.00. The largest absolute Gasteiger partial charge is 0.466 e. The highest BCUT2D eigenvalue weighted by molar-refractivity contribution is 6.31. The molecule has 0 amide bonds. The van der Waals surface area contributed by atoms with Crippen LogP contribution in [-0.2, 0) is 0 Å². The maximum atomic E-state index is 6.12. The van der Waals surface area contributed by atoms with E-state index in [1.807, 2.05) is 57.2 Å². The third-order valence-electron chi connectivity index (χ3n) is 3.43. The first-order valence-corrected chi connectivity index (χ1v) is 7.19. The van der Waals surface area contributed by atoms with Crippen LogP contribution in [0.4, 0.5) is 5.69 Å². The molecular formula is C17H17ClN2O. The summed E-state index contributed by atoms with van der Waals surface area (Å²) in [5, 5.41) is 0.753. The summed E-state index contributed by atoms with van der Waals surface area (Å²) in [6.07, 6.45) is 0. The zero-order valence-electron chi connectivity index (χ0n) is 12.3. The topological polar surface area (TPSA) is 47.6 Å². The number of nitrogen functional groups attached to an aromatic ring is 1. The normalized spacial score (nSPS) is 15.9. The Labute approximate surface area is 129 Å². The van der Waals surface area contributed by atoms with Crippen LogP contribution < -0.4 is 10.5 Å². The third kappa shape index (κ3) is 2.61. The average Bonchev–Trinajstić information content (AvgIpc) is 2.39. The molecule has 3 rings (SSSR count). The highest BCUT2D eigenvalue weighted by Crippen LogP contribution is 2.34. The van der Waals surface area contributed by atoms with E-state index in [0.717, 1.165) is 33.2 Å². The summed E-state index contributed by atoms with van der Waals surface area (Å²) < 4.78 is 5.91. The summed E-state index contributed by atoms with van der Waals surface area (Å²) in [6.45, 7) is 5.85. The van der Waals surface area contributed by atoms with E-state index >= 15 is 0 Å². The van der Waals surface area contributed by atoms with Gasteiger partial charge in [-0.3, -0.25) is 0 Å². The predicted octanol–water partition coefficient (Wildman–Crippen LogP) is 4.20. The lowest BCUT2D eigenvalue weighted by Gasteiger charge is -2.30. The molecule has 0 bridgehead atoms. The van der Waals surface area contributed by atoms with Crippen LogP contribution in [-0.4, -0.2) is 11.4 Å². The van der Waals surface area contributed by atoms with Crippen molar-refractivity contribution < 1.29 is 4.74 Å². The number of hydrogen-bond acceptors (Lipinski definition) is 3. The summed E-state index contributed by atoms with van der Waals surface area (Å²) in [5.41, 5.74) is 9.82. The first-order chi connectivity index (χ1) is 9.85. The molecule has 2 aromatic rings. The lowest BCUT2D eigenvalue weighted by Crippen LogP contribution is -2.32. The number of benzene rings is 2. The first-order valence-electron chi connectivity index (χ1n) is 6.81. The Morgan fingerprint density at radius 3 is 2.62 bits per heavy atom. The first kappa shape index (κ1) is 14.0. The molecule has 1 aliphatic heterocycles. The van der Waals surface area contributed by atoms with Crippen molar-refractivity contribution in [1.29, 1.82) is 0 Å². The van der Waals surface area contributed by atoms with Crippen molar-refractivity contribution in [2.24, 2.45) is 4.99 Å². The van der Waals surface area contributed by atoms with Crippen LogP contribution in [0, 0.1) is 6.92 Å². The lowest BCUT2D eigenvalue weighted by atomic mass is 9.97. The molecule has 0 saturated carbocycles. The Kier molecular flexibility index (Phi) is 3.18. The number of hydrogen-bond donors (Lipinski definition) is 1. The molecule has 0 saturated heterocycles. The van der Waals surface area contributed by atoms with Crippen LogP contribution in [0.2, 0.25) is 5.02 Å². The van der Waals surface area contributed by atoms with Gasteiger partial charge in [0.25, 0.3) is 0 Å². The number of aryl methyl sites for hydroxylation is 1. The van der Waals surface area contributed by atoms with E-state index in [1.165, 1.54) is 0 Å². The smallest absolute Gasteiger partial charge is 0.195 e. The fourth-order valence-corrected chi connectivity index (χ4v) is 2.57. The molecule has 2 aromatic carbocycles. The molecule has 108 valence electrons. The van der Waals surface area contributed by atoms with E-state index in [1.54, 1.807) is 0 Å². The standard InChI is InChI=1S/C17H17ClN2O/c1-10-8-11(4-7-14(10)18)16-13-6-5-12(19)9-15(13)21-17(2,3)20-16/h4-9H,19H2,1-3H3. The second kappa shape index (κ2) is 4.78. The average molecular weight is 301 g/mol. The van der Waals surface area contributed by atoms with Gasteiger partial charge in [-0.05, 0) is 50.6 Å². The van der Waals surface area contributed by atoms with Gasteiger partial charge in [0.1, 0.15) is 5.75 Å². The monoisotopic (exact) mass is 300 g/mol. The van der Waals surface area contributed by atoms with Gasteiger partial charge >= 0.3 is 0 Å². The van der Waals surface area contributed by atoms with E-state index in [4.69, 9.17) is 27.1 Å². The second-order valence-corrected chi connectivity index (χ2v) is 6.14. The number of nitrogens with zero attached hydrogens (tertiary/aromatic N) is 1. The van der Waals surface area contributed by atoms with Gasteiger partial charge in [-0.1, -0.05) is 17.7 Å². The molecule has 0 atom stereocenters. The molecule has 0 radical (unpaired) electrons. The van der Waals surface area contributed by atoms with Crippen LogP contribution >= 0.6 is 11.6 Å². The number of anilines is 1. The molecule has 3 nitrogen and oxygen atoms in total. The zero-order chi connectivity index (χ0) is 15.2. The lowest BCUT2D eigenvalue weighted by molar-refractivity contribution is 0.115. The molecule has 1 aliphatic rings. The van der Waals surface area contributed by atoms with Gasteiger partial charge in [-0.15, -0.1) is 0 Å². The molecule has 1 heterocycles. The second-order valence-electron chi connectivity index (χ2n) is 5.73. The molecule has 0 fully saturated rings. The van der Waals surface area contributed by atoms with Gasteiger partial charge in [0.05, 0.1) is 5.71 Å². The highest BCUT2D eigenvalue weighted by Gasteiger charge is 2.28. The van der Waals surface area contributed by atoms with Gasteiger partial charge in [0.2, 0.25) is 0 Å². The van der Waals surface area contributed by atoms with Crippen LogP contribution in [0.5, 0.6) is 5.75 Å². The molecular weight excluding hydrogens is 284 g/mol. The van der Waals surface area contributed by atoms with E-state index in [-0.39, 0.29) is 0 Å². The minimum absolute atomic E-state index is 0.621. The van der Waals surface area contributed by atoms with E-state index in [9.17, 15) is 0 Å². The van der Waals surface area contributed by atoms with E-state index in [2.05, 4.69) is 0 Å². The van der Waals surface area contributed by atoms with Crippen molar-refractivity contribution in [2.75, 3.05) is 5.73 Å². The minimum Gasteiger partial charge on any atom is -0.466 e. The van der Waals surface area contributed by atoms with Crippen molar-refractivity contribution in [2.45, 2.75) is 26.5 Å². The Morgan fingerprint density at radius 1 is 1.14 bits per heavy atom. The van der Waals surface area contributed by atoms with Gasteiger partial charge in [0.15, 0.2) is 5.72 Å². The molecule has 0 aromatic heterocycles. The molecule has 21 heavy (non-hydrogen) atoms. The number of aliphatic imine (C=N–C) groups is 1. The summed E-state index contributed by atoms with van der Waals surface area (Å²) in [6, 6.07) is 11.6. The van der Waals surface area contributed by atoms with Gasteiger partial charge in [0, 0.05) is 27.9 Å². The maximum Gasteiger partial charge on any atom is 0.195 e. The van der Waals surface area contributed by atoms with Crippen molar-refractivity contribution in [3.05, 3.63) is 58.1 Å². The van der Waals surface area contributed by atoms with Gasteiger partial charge in [-0.25, -0.2) is 4.99 Å². The summed E-state index contributed by atoms with van der Waals surface area (Å²) in [7, 11) is 0. The summed E-state index contributed by atoms with van der Waals surface area (Å²) in [4.78, 5) is 4.74. The summed E-state index contributed by atoms with van der Waals surface area (Å²) >= 11 is 6.12. The van der Waals surface area contributed by atoms with Crippen LogP contribution in [0.15, 0.2) is 41.4 Å². The highest BCUT2D eigenvalue weighted by atomic mass is 35.5.